The van der Waals surface area contributed by atoms with Crippen molar-refractivity contribution in [3.63, 3.8) is 0 Å². The zero-order valence-electron chi connectivity index (χ0n) is 18.5. The Morgan fingerprint density at radius 3 is 2.29 bits per heavy atom. The number of rotatable bonds is 7. The number of carboxylic acid groups (broad SMARTS) is 1. The molecule has 2 aliphatic carbocycles. The molecule has 9 heteroatoms. The van der Waals surface area contributed by atoms with Crippen molar-refractivity contribution in [2.24, 2.45) is 4.40 Å². The minimum absolute atomic E-state index is 0.00994. The van der Waals surface area contributed by atoms with E-state index in [4.69, 9.17) is 9.84 Å². The monoisotopic (exact) mass is 499 g/mol. The predicted molar refractivity (Wildman–Crippen MR) is 131 cm³/mol. The van der Waals surface area contributed by atoms with Crippen LogP contribution in [0.4, 0.5) is 0 Å². The molecule has 0 aliphatic heterocycles. The summed E-state index contributed by atoms with van der Waals surface area (Å²) in [6.07, 6.45) is 8.21. The van der Waals surface area contributed by atoms with Crippen LogP contribution in [-0.4, -0.2) is 42.8 Å². The van der Waals surface area contributed by atoms with Crippen LogP contribution in [0.3, 0.4) is 0 Å². The van der Waals surface area contributed by atoms with Crippen LogP contribution in [0.1, 0.15) is 54.4 Å². The van der Waals surface area contributed by atoms with Gasteiger partial charge in [0.25, 0.3) is 10.0 Å². The highest BCUT2D eigenvalue weighted by Gasteiger charge is 2.27. The van der Waals surface area contributed by atoms with Gasteiger partial charge in [0.05, 0.1) is 27.4 Å². The summed E-state index contributed by atoms with van der Waals surface area (Å²) >= 11 is 0.842. The molecule has 1 N–H and O–H groups in total. The van der Waals surface area contributed by atoms with Gasteiger partial charge in [-0.1, -0.05) is 37.1 Å². The summed E-state index contributed by atoms with van der Waals surface area (Å²) in [5.41, 5.74) is 0.782. The Bertz CT molecular complexity index is 1240. The third-order valence-corrected chi connectivity index (χ3v) is 8.05. The lowest BCUT2D eigenvalue weighted by Gasteiger charge is -2.17. The van der Waals surface area contributed by atoms with Crippen LogP contribution in [-0.2, 0) is 14.8 Å². The molecule has 2 aromatic carbocycles. The minimum atomic E-state index is -4.08. The fourth-order valence-corrected chi connectivity index (χ4v) is 5.76. The number of sulfonamides is 1. The van der Waals surface area contributed by atoms with Crippen molar-refractivity contribution in [1.82, 2.24) is 0 Å². The molecule has 34 heavy (non-hydrogen) atoms. The number of hydrogen-bond donors (Lipinski definition) is 1. The highest BCUT2D eigenvalue weighted by Crippen LogP contribution is 2.30. The van der Waals surface area contributed by atoms with Gasteiger partial charge in [0.2, 0.25) is 0 Å². The number of carbonyl (C=O) groups excluding carboxylic acids is 1. The molecular formula is C25H25NO6S2. The molecule has 0 amide bonds. The second-order valence-electron chi connectivity index (χ2n) is 8.22. The first-order valence-corrected chi connectivity index (χ1v) is 13.6. The van der Waals surface area contributed by atoms with E-state index < -0.39 is 16.0 Å². The number of thioether (sulfide) groups is 1. The zero-order valence-corrected chi connectivity index (χ0v) is 20.1. The molecule has 0 atom stereocenters. The van der Waals surface area contributed by atoms with Gasteiger partial charge in [0.1, 0.15) is 5.75 Å². The van der Waals surface area contributed by atoms with E-state index in [9.17, 15) is 18.0 Å². The SMILES string of the molecule is O=C(O)CSC1=C/C(=N\S(=O)(=O)c2ccc(OC3CCCCCC3)cc2)c2ccccc2C1=O. The number of hydrogen-bond acceptors (Lipinski definition) is 6. The first kappa shape index (κ1) is 24.2. The molecular weight excluding hydrogens is 474 g/mol. The molecule has 1 saturated carbocycles. The van der Waals surface area contributed by atoms with Crippen LogP contribution >= 0.6 is 11.8 Å². The number of fused-ring (bicyclic) bond motifs is 1. The second kappa shape index (κ2) is 10.6. The van der Waals surface area contributed by atoms with E-state index in [2.05, 4.69) is 4.40 Å². The molecule has 0 saturated heterocycles. The summed E-state index contributed by atoms with van der Waals surface area (Å²) in [7, 11) is -4.08. The molecule has 4 rings (SSSR count). The van der Waals surface area contributed by atoms with Gasteiger partial charge in [-0.2, -0.15) is 12.8 Å². The van der Waals surface area contributed by atoms with E-state index in [-0.39, 0.29) is 33.2 Å². The standard InChI is InChI=1S/C25H25NO6S2/c27-24(28)16-33-23-15-22(20-9-5-6-10-21(20)25(23)29)26-34(30,31)19-13-11-18(12-14-19)32-17-7-3-1-2-4-8-17/h5-6,9-15,17H,1-4,7-8,16H2,(H,27,28)/b26-22+. The summed E-state index contributed by atoms with van der Waals surface area (Å²) in [4.78, 5) is 23.8. The van der Waals surface area contributed by atoms with Crippen LogP contribution in [0.5, 0.6) is 5.75 Å². The molecule has 2 aliphatic rings. The number of allylic oxidation sites excluding steroid dienone is 2. The third kappa shape index (κ3) is 5.77. The van der Waals surface area contributed by atoms with E-state index in [0.29, 0.717) is 16.9 Å². The molecule has 178 valence electrons. The van der Waals surface area contributed by atoms with Crippen LogP contribution in [0, 0.1) is 0 Å². The fraction of sp³-hybridized carbons (Fsp3) is 0.320. The average molecular weight is 500 g/mol. The number of ether oxygens (including phenoxy) is 1. The van der Waals surface area contributed by atoms with Gasteiger partial charge in [-0.15, -0.1) is 11.8 Å². The molecule has 0 heterocycles. The van der Waals surface area contributed by atoms with Crippen molar-refractivity contribution in [2.45, 2.75) is 49.5 Å². The van der Waals surface area contributed by atoms with Crippen molar-refractivity contribution >= 4 is 39.2 Å². The molecule has 7 nitrogen and oxygen atoms in total. The summed E-state index contributed by atoms with van der Waals surface area (Å²) < 4.78 is 36.2. The first-order valence-electron chi connectivity index (χ1n) is 11.2. The maximum absolute atomic E-state index is 13.1. The van der Waals surface area contributed by atoms with Crippen molar-refractivity contribution in [3.05, 3.63) is 70.6 Å². The summed E-state index contributed by atoms with van der Waals surface area (Å²) in [6, 6.07) is 12.8. The first-order chi connectivity index (χ1) is 16.3. The molecule has 0 spiro atoms. The van der Waals surface area contributed by atoms with E-state index in [1.165, 1.54) is 31.1 Å². The van der Waals surface area contributed by atoms with Gasteiger partial charge in [0.15, 0.2) is 5.78 Å². The summed E-state index contributed by atoms with van der Waals surface area (Å²) in [5, 5.41) is 8.97. The average Bonchev–Trinajstić information content (AvgIpc) is 3.09. The number of ketones is 1. The number of Topliss-reactive ketones (excluding diaryl/α,β-unsaturated/α-hetero) is 1. The highest BCUT2D eigenvalue weighted by atomic mass is 32.2. The van der Waals surface area contributed by atoms with Crippen LogP contribution in [0.25, 0.3) is 0 Å². The molecule has 1 fully saturated rings. The number of aliphatic carboxylic acids is 1. The Hall–Kier alpha value is -2.91. The van der Waals surface area contributed by atoms with Gasteiger partial charge >= 0.3 is 5.97 Å². The van der Waals surface area contributed by atoms with E-state index in [1.807, 2.05) is 0 Å². The topological polar surface area (TPSA) is 110 Å². The number of benzene rings is 2. The second-order valence-corrected chi connectivity index (χ2v) is 10.8. The maximum Gasteiger partial charge on any atom is 0.313 e. The Morgan fingerprint density at radius 2 is 1.65 bits per heavy atom. The largest absolute Gasteiger partial charge is 0.490 e. The summed E-state index contributed by atoms with van der Waals surface area (Å²) in [5.74, 6) is -1.12. The van der Waals surface area contributed by atoms with Gasteiger partial charge < -0.3 is 9.84 Å². The third-order valence-electron chi connectivity index (χ3n) is 5.74. The van der Waals surface area contributed by atoms with Gasteiger partial charge in [-0.25, -0.2) is 0 Å². The Kier molecular flexibility index (Phi) is 7.53. The normalized spacial score (nSPS) is 18.2. The maximum atomic E-state index is 13.1. The summed E-state index contributed by atoms with van der Waals surface area (Å²) in [6.45, 7) is 0. The number of carbonyl (C=O) groups is 2. The molecule has 2 aromatic rings. The smallest absolute Gasteiger partial charge is 0.313 e. The number of carboxylic acids is 1. The number of nitrogens with zero attached hydrogens (tertiary/aromatic N) is 1. The van der Waals surface area contributed by atoms with Gasteiger partial charge in [0, 0.05) is 11.1 Å². The molecule has 0 radical (unpaired) electrons. The molecule has 0 bridgehead atoms. The minimum Gasteiger partial charge on any atom is -0.490 e. The van der Waals surface area contributed by atoms with Gasteiger partial charge in [-0.3, -0.25) is 9.59 Å². The van der Waals surface area contributed by atoms with Gasteiger partial charge in [-0.05, 0) is 56.0 Å². The lowest BCUT2D eigenvalue weighted by atomic mass is 9.94. The van der Waals surface area contributed by atoms with Crippen molar-refractivity contribution < 1.29 is 27.9 Å². The van der Waals surface area contributed by atoms with E-state index in [1.54, 1.807) is 36.4 Å². The van der Waals surface area contributed by atoms with E-state index in [0.717, 1.165) is 37.4 Å². The van der Waals surface area contributed by atoms with Crippen LogP contribution in [0.15, 0.2) is 68.8 Å². The van der Waals surface area contributed by atoms with Crippen molar-refractivity contribution in [2.75, 3.05) is 5.75 Å². The van der Waals surface area contributed by atoms with E-state index >= 15 is 0 Å². The lowest BCUT2D eigenvalue weighted by Crippen LogP contribution is -2.18. The molecule has 0 unspecified atom stereocenters. The fourth-order valence-electron chi connectivity index (χ4n) is 4.05. The zero-order chi connectivity index (χ0) is 24.1. The van der Waals surface area contributed by atoms with Crippen molar-refractivity contribution in [1.29, 1.82) is 0 Å². The van der Waals surface area contributed by atoms with Crippen molar-refractivity contribution in [3.8, 4) is 5.75 Å². The Balaban J connectivity index is 1.60. The van der Waals surface area contributed by atoms with Crippen LogP contribution < -0.4 is 4.74 Å². The Morgan fingerprint density at radius 1 is 1.00 bits per heavy atom. The Labute approximate surface area is 203 Å². The highest BCUT2D eigenvalue weighted by molar-refractivity contribution is 8.04. The quantitative estimate of drug-likeness (QED) is 0.542. The predicted octanol–water partition coefficient (Wildman–Crippen LogP) is 4.86. The van der Waals surface area contributed by atoms with Crippen LogP contribution in [0.2, 0.25) is 0 Å². The molecule has 0 aromatic heterocycles. The lowest BCUT2D eigenvalue weighted by molar-refractivity contribution is -0.133.